The smallest absolute Gasteiger partial charge is 0.248 e. The molecular formula is C12H11ClN2O3S. The van der Waals surface area contributed by atoms with Gasteiger partial charge in [-0.3, -0.25) is 9.52 Å². The maximum atomic E-state index is 11.9. The average molecular weight is 299 g/mol. The first-order valence-corrected chi connectivity index (χ1v) is 7.42. The monoisotopic (exact) mass is 298 g/mol. The molecule has 0 aliphatic carbocycles. The fraction of sp³-hybridized carbons (Fsp3) is 0.0833. The molecule has 1 aromatic carbocycles. The molecule has 2 aromatic rings. The van der Waals surface area contributed by atoms with Crippen molar-refractivity contribution in [2.45, 2.75) is 5.75 Å². The van der Waals surface area contributed by atoms with E-state index >= 15 is 0 Å². The molecule has 0 amide bonds. The summed E-state index contributed by atoms with van der Waals surface area (Å²) >= 11 is 5.91. The number of nitrogens with one attached hydrogen (secondary N) is 2. The Kier molecular flexibility index (Phi) is 3.92. The van der Waals surface area contributed by atoms with Gasteiger partial charge in [-0.1, -0.05) is 29.8 Å². The highest BCUT2D eigenvalue weighted by Gasteiger charge is 2.13. The molecule has 0 aliphatic heterocycles. The molecule has 1 aromatic heterocycles. The first-order chi connectivity index (χ1) is 8.96. The standard InChI is InChI=1S/C12H11ClN2O3S/c13-11-4-2-1-3-9(11)8-19(17,18)15-10-5-6-12(16)14-7-10/h1-7,15H,8H2,(H,14,16). The quantitative estimate of drug-likeness (QED) is 0.906. The van der Waals surface area contributed by atoms with Crippen LogP contribution >= 0.6 is 11.6 Å². The topological polar surface area (TPSA) is 79.0 Å². The number of halogens is 1. The summed E-state index contributed by atoms with van der Waals surface area (Å²) in [6, 6.07) is 9.36. The number of H-pyrrole nitrogens is 1. The van der Waals surface area contributed by atoms with Crippen LogP contribution < -0.4 is 10.3 Å². The molecule has 0 saturated heterocycles. The third-order valence-corrected chi connectivity index (χ3v) is 3.97. The number of aromatic amines is 1. The van der Waals surface area contributed by atoms with Crippen LogP contribution in [0.1, 0.15) is 5.56 Å². The van der Waals surface area contributed by atoms with Gasteiger partial charge >= 0.3 is 0 Å². The Labute approximate surface area is 115 Å². The van der Waals surface area contributed by atoms with Crippen LogP contribution in [0.2, 0.25) is 5.02 Å². The summed E-state index contributed by atoms with van der Waals surface area (Å²) in [7, 11) is -3.58. The number of benzene rings is 1. The Morgan fingerprint density at radius 3 is 2.53 bits per heavy atom. The van der Waals surface area contributed by atoms with E-state index in [1.165, 1.54) is 18.3 Å². The molecule has 0 fully saturated rings. The Morgan fingerprint density at radius 1 is 1.16 bits per heavy atom. The van der Waals surface area contributed by atoms with Crippen LogP contribution in [-0.4, -0.2) is 13.4 Å². The van der Waals surface area contributed by atoms with E-state index < -0.39 is 10.0 Å². The number of rotatable bonds is 4. The lowest BCUT2D eigenvalue weighted by atomic mass is 10.2. The summed E-state index contributed by atoms with van der Waals surface area (Å²) in [6.45, 7) is 0. The zero-order chi connectivity index (χ0) is 13.9. The lowest BCUT2D eigenvalue weighted by Gasteiger charge is -2.08. The van der Waals surface area contributed by atoms with E-state index in [2.05, 4.69) is 9.71 Å². The Morgan fingerprint density at radius 2 is 1.89 bits per heavy atom. The van der Waals surface area contributed by atoms with Crippen LogP contribution in [0.4, 0.5) is 5.69 Å². The number of sulfonamides is 1. The molecule has 100 valence electrons. The van der Waals surface area contributed by atoms with Gasteiger partial charge < -0.3 is 4.98 Å². The van der Waals surface area contributed by atoms with Crippen LogP contribution in [0, 0.1) is 0 Å². The molecule has 2 N–H and O–H groups in total. The minimum atomic E-state index is -3.58. The molecule has 19 heavy (non-hydrogen) atoms. The van der Waals surface area contributed by atoms with E-state index in [-0.39, 0.29) is 11.3 Å². The van der Waals surface area contributed by atoms with Crippen molar-refractivity contribution in [2.24, 2.45) is 0 Å². The molecule has 0 aliphatic rings. The van der Waals surface area contributed by atoms with Crippen LogP contribution in [0.3, 0.4) is 0 Å². The van der Waals surface area contributed by atoms with Gasteiger partial charge in [0.05, 0.1) is 11.4 Å². The zero-order valence-electron chi connectivity index (χ0n) is 9.76. The zero-order valence-corrected chi connectivity index (χ0v) is 11.3. The molecule has 0 atom stereocenters. The maximum absolute atomic E-state index is 11.9. The SMILES string of the molecule is O=c1ccc(NS(=O)(=O)Cc2ccccc2Cl)c[nH]1. The summed E-state index contributed by atoms with van der Waals surface area (Å²) < 4.78 is 26.3. The van der Waals surface area contributed by atoms with Crippen molar-refractivity contribution in [3.63, 3.8) is 0 Å². The van der Waals surface area contributed by atoms with Gasteiger partial charge in [0, 0.05) is 17.3 Å². The number of hydrogen-bond acceptors (Lipinski definition) is 3. The van der Waals surface area contributed by atoms with Crippen molar-refractivity contribution in [3.05, 3.63) is 63.5 Å². The summed E-state index contributed by atoms with van der Waals surface area (Å²) in [5.41, 5.74) is 0.516. The van der Waals surface area contributed by atoms with E-state index in [1.807, 2.05) is 0 Å². The third kappa shape index (κ3) is 3.84. The Balaban J connectivity index is 2.17. The maximum Gasteiger partial charge on any atom is 0.248 e. The molecule has 7 heteroatoms. The van der Waals surface area contributed by atoms with Crippen LogP contribution in [0.15, 0.2) is 47.4 Å². The summed E-state index contributed by atoms with van der Waals surface area (Å²) in [4.78, 5) is 13.3. The highest BCUT2D eigenvalue weighted by atomic mass is 35.5. The first kappa shape index (κ1) is 13.6. The number of aromatic nitrogens is 1. The van der Waals surface area contributed by atoms with Crippen molar-refractivity contribution in [1.29, 1.82) is 0 Å². The van der Waals surface area contributed by atoms with Gasteiger partial charge in [0.1, 0.15) is 0 Å². The predicted molar refractivity (Wildman–Crippen MR) is 74.8 cm³/mol. The second-order valence-electron chi connectivity index (χ2n) is 3.89. The number of anilines is 1. The van der Waals surface area contributed by atoms with Gasteiger partial charge in [-0.15, -0.1) is 0 Å². The minimum absolute atomic E-state index is 0.230. The molecular weight excluding hydrogens is 288 g/mol. The van der Waals surface area contributed by atoms with Gasteiger partial charge in [0.2, 0.25) is 15.6 Å². The van der Waals surface area contributed by atoms with Crippen LogP contribution in [-0.2, 0) is 15.8 Å². The normalized spacial score (nSPS) is 11.2. The molecule has 1 heterocycles. The fourth-order valence-electron chi connectivity index (χ4n) is 1.51. The molecule has 0 bridgehead atoms. The average Bonchev–Trinajstić information content (AvgIpc) is 2.35. The first-order valence-electron chi connectivity index (χ1n) is 5.39. The summed E-state index contributed by atoms with van der Waals surface area (Å²) in [5.74, 6) is -0.230. The predicted octanol–water partition coefficient (Wildman–Crippen LogP) is 1.97. The van der Waals surface area contributed by atoms with E-state index in [0.717, 1.165) is 0 Å². The highest BCUT2D eigenvalue weighted by molar-refractivity contribution is 7.91. The van der Waals surface area contributed by atoms with E-state index in [9.17, 15) is 13.2 Å². The number of hydrogen-bond donors (Lipinski definition) is 2. The van der Waals surface area contributed by atoms with Crippen LogP contribution in [0.25, 0.3) is 0 Å². The second-order valence-corrected chi connectivity index (χ2v) is 6.02. The number of pyridine rings is 1. The van der Waals surface area contributed by atoms with E-state index in [1.54, 1.807) is 24.3 Å². The largest absolute Gasteiger partial charge is 0.327 e. The van der Waals surface area contributed by atoms with Gasteiger partial charge in [-0.05, 0) is 17.7 Å². The van der Waals surface area contributed by atoms with Gasteiger partial charge in [-0.2, -0.15) is 0 Å². The summed E-state index contributed by atoms with van der Waals surface area (Å²) in [6.07, 6.45) is 1.30. The lowest BCUT2D eigenvalue weighted by Crippen LogP contribution is -2.16. The van der Waals surface area contributed by atoms with Crippen molar-refractivity contribution in [2.75, 3.05) is 4.72 Å². The fourth-order valence-corrected chi connectivity index (χ4v) is 3.01. The van der Waals surface area contributed by atoms with Crippen molar-refractivity contribution in [3.8, 4) is 0 Å². The van der Waals surface area contributed by atoms with Crippen LogP contribution in [0.5, 0.6) is 0 Å². The van der Waals surface area contributed by atoms with Crippen molar-refractivity contribution in [1.82, 2.24) is 4.98 Å². The molecule has 0 radical (unpaired) electrons. The molecule has 0 saturated carbocycles. The molecule has 0 spiro atoms. The minimum Gasteiger partial charge on any atom is -0.327 e. The lowest BCUT2D eigenvalue weighted by molar-refractivity contribution is 0.600. The van der Waals surface area contributed by atoms with Gasteiger partial charge in [0.25, 0.3) is 0 Å². The Hall–Kier alpha value is -1.79. The van der Waals surface area contributed by atoms with E-state index in [4.69, 9.17) is 11.6 Å². The van der Waals surface area contributed by atoms with Gasteiger partial charge in [-0.25, -0.2) is 8.42 Å². The molecule has 0 unspecified atom stereocenters. The molecule has 2 rings (SSSR count). The van der Waals surface area contributed by atoms with Gasteiger partial charge in [0.15, 0.2) is 0 Å². The van der Waals surface area contributed by atoms with Crippen molar-refractivity contribution >= 4 is 27.3 Å². The Bertz CT molecular complexity index is 720. The van der Waals surface area contributed by atoms with Crippen molar-refractivity contribution < 1.29 is 8.42 Å². The third-order valence-electron chi connectivity index (χ3n) is 2.36. The highest BCUT2D eigenvalue weighted by Crippen LogP contribution is 2.18. The summed E-state index contributed by atoms with van der Waals surface area (Å²) in [5, 5.41) is 0.398. The second kappa shape index (κ2) is 5.46. The molecule has 5 nitrogen and oxygen atoms in total. The van der Waals surface area contributed by atoms with E-state index in [0.29, 0.717) is 16.3 Å².